The Morgan fingerprint density at radius 2 is 1.88 bits per heavy atom. The van der Waals surface area contributed by atoms with Crippen molar-refractivity contribution in [3.8, 4) is 0 Å². The van der Waals surface area contributed by atoms with Crippen molar-refractivity contribution in [1.29, 1.82) is 0 Å². The molecule has 1 aliphatic heterocycles. The normalized spacial score (nSPS) is 39.1. The standard InChI is InChI=1S/C13H24N2O2/c1-9-7-15(8-10(2)17-9)13(16)11-4-3-5-12(14)6-11/h9-12H,3-8,14H2,1-2H3. The zero-order valence-electron chi connectivity index (χ0n) is 10.9. The van der Waals surface area contributed by atoms with Gasteiger partial charge < -0.3 is 15.4 Å². The maximum Gasteiger partial charge on any atom is 0.225 e. The fourth-order valence-corrected chi connectivity index (χ4v) is 3.07. The van der Waals surface area contributed by atoms with Gasteiger partial charge in [0.05, 0.1) is 12.2 Å². The average Bonchev–Trinajstić information content (AvgIpc) is 2.26. The van der Waals surface area contributed by atoms with Crippen molar-refractivity contribution in [3.63, 3.8) is 0 Å². The van der Waals surface area contributed by atoms with E-state index in [0.717, 1.165) is 38.8 Å². The summed E-state index contributed by atoms with van der Waals surface area (Å²) >= 11 is 0. The predicted molar refractivity (Wildman–Crippen MR) is 66.5 cm³/mol. The summed E-state index contributed by atoms with van der Waals surface area (Å²) in [5.74, 6) is 0.443. The molecule has 1 aliphatic carbocycles. The van der Waals surface area contributed by atoms with Crippen LogP contribution in [0.2, 0.25) is 0 Å². The molecule has 1 heterocycles. The van der Waals surface area contributed by atoms with E-state index in [1.54, 1.807) is 0 Å². The van der Waals surface area contributed by atoms with Crippen LogP contribution >= 0.6 is 0 Å². The van der Waals surface area contributed by atoms with E-state index >= 15 is 0 Å². The second-order valence-electron chi connectivity index (χ2n) is 5.62. The Balaban J connectivity index is 1.94. The summed E-state index contributed by atoms with van der Waals surface area (Å²) < 4.78 is 5.66. The SMILES string of the molecule is CC1CN(C(=O)C2CCCC(N)C2)CC(C)O1. The Hall–Kier alpha value is -0.610. The molecule has 2 N–H and O–H groups in total. The van der Waals surface area contributed by atoms with Crippen molar-refractivity contribution in [2.24, 2.45) is 11.7 Å². The smallest absolute Gasteiger partial charge is 0.225 e. The van der Waals surface area contributed by atoms with Crippen LogP contribution in [0.4, 0.5) is 0 Å². The van der Waals surface area contributed by atoms with Crippen molar-refractivity contribution < 1.29 is 9.53 Å². The molecule has 2 aliphatic rings. The molecule has 4 heteroatoms. The molecule has 1 saturated heterocycles. The van der Waals surface area contributed by atoms with Crippen molar-refractivity contribution in [3.05, 3.63) is 0 Å². The number of nitrogens with zero attached hydrogens (tertiary/aromatic N) is 1. The summed E-state index contributed by atoms with van der Waals surface area (Å²) in [5, 5.41) is 0. The molecule has 2 rings (SSSR count). The molecule has 0 spiro atoms. The number of hydrogen-bond acceptors (Lipinski definition) is 3. The van der Waals surface area contributed by atoms with Gasteiger partial charge in [-0.2, -0.15) is 0 Å². The van der Waals surface area contributed by atoms with Crippen molar-refractivity contribution in [2.75, 3.05) is 13.1 Å². The minimum Gasteiger partial charge on any atom is -0.372 e. The van der Waals surface area contributed by atoms with Crippen LogP contribution in [-0.2, 0) is 9.53 Å². The lowest BCUT2D eigenvalue weighted by Gasteiger charge is -2.38. The summed E-state index contributed by atoms with van der Waals surface area (Å²) in [6, 6.07) is 0.216. The fourth-order valence-electron chi connectivity index (χ4n) is 3.07. The van der Waals surface area contributed by atoms with E-state index in [4.69, 9.17) is 10.5 Å². The minimum atomic E-state index is 0.149. The zero-order valence-corrected chi connectivity index (χ0v) is 10.9. The van der Waals surface area contributed by atoms with E-state index in [1.807, 2.05) is 18.7 Å². The van der Waals surface area contributed by atoms with E-state index in [1.165, 1.54) is 0 Å². The number of rotatable bonds is 1. The van der Waals surface area contributed by atoms with Crippen LogP contribution in [0.25, 0.3) is 0 Å². The second kappa shape index (κ2) is 5.36. The zero-order chi connectivity index (χ0) is 12.4. The first-order chi connectivity index (χ1) is 8.06. The third-order valence-corrected chi connectivity index (χ3v) is 3.80. The van der Waals surface area contributed by atoms with Gasteiger partial charge in [-0.25, -0.2) is 0 Å². The van der Waals surface area contributed by atoms with Gasteiger partial charge in [-0.05, 0) is 33.1 Å². The number of hydrogen-bond donors (Lipinski definition) is 1. The van der Waals surface area contributed by atoms with E-state index in [9.17, 15) is 4.79 Å². The number of morpholine rings is 1. The van der Waals surface area contributed by atoms with Crippen molar-refractivity contribution in [2.45, 2.75) is 57.8 Å². The van der Waals surface area contributed by atoms with Gasteiger partial charge in [0.2, 0.25) is 5.91 Å². The quantitative estimate of drug-likeness (QED) is 0.748. The summed E-state index contributed by atoms with van der Waals surface area (Å²) in [6.07, 6.45) is 4.33. The van der Waals surface area contributed by atoms with Crippen LogP contribution in [0.3, 0.4) is 0 Å². The molecule has 17 heavy (non-hydrogen) atoms. The minimum absolute atomic E-state index is 0.149. The predicted octanol–water partition coefficient (Wildman–Crippen LogP) is 1.14. The molecule has 4 unspecified atom stereocenters. The Bertz CT molecular complexity index is 273. The Labute approximate surface area is 103 Å². The molecule has 1 amide bonds. The third kappa shape index (κ3) is 3.19. The lowest BCUT2D eigenvalue weighted by atomic mass is 9.85. The Morgan fingerprint density at radius 1 is 1.24 bits per heavy atom. The van der Waals surface area contributed by atoms with Gasteiger partial charge in [-0.1, -0.05) is 6.42 Å². The topological polar surface area (TPSA) is 55.6 Å². The van der Waals surface area contributed by atoms with Gasteiger partial charge in [0.1, 0.15) is 0 Å². The van der Waals surface area contributed by atoms with Crippen LogP contribution in [0.1, 0.15) is 39.5 Å². The van der Waals surface area contributed by atoms with Gasteiger partial charge >= 0.3 is 0 Å². The lowest BCUT2D eigenvalue weighted by molar-refractivity contribution is -0.148. The van der Waals surface area contributed by atoms with E-state index in [2.05, 4.69) is 0 Å². The molecule has 0 aromatic rings. The number of carbonyl (C=O) groups is 1. The first-order valence-electron chi connectivity index (χ1n) is 6.76. The molecule has 1 saturated carbocycles. The molecular formula is C13H24N2O2. The first-order valence-corrected chi connectivity index (χ1v) is 6.76. The Kier molecular flexibility index (Phi) is 4.05. The molecule has 0 aromatic carbocycles. The van der Waals surface area contributed by atoms with Gasteiger partial charge in [-0.15, -0.1) is 0 Å². The van der Waals surface area contributed by atoms with Crippen molar-refractivity contribution in [1.82, 2.24) is 4.90 Å². The Morgan fingerprint density at radius 3 is 2.47 bits per heavy atom. The molecule has 0 bridgehead atoms. The second-order valence-corrected chi connectivity index (χ2v) is 5.62. The highest BCUT2D eigenvalue weighted by Crippen LogP contribution is 2.26. The maximum atomic E-state index is 12.4. The third-order valence-electron chi connectivity index (χ3n) is 3.80. The van der Waals surface area contributed by atoms with Crippen LogP contribution in [0.5, 0.6) is 0 Å². The first kappa shape index (κ1) is 12.8. The van der Waals surface area contributed by atoms with E-state index < -0.39 is 0 Å². The molecule has 0 radical (unpaired) electrons. The maximum absolute atomic E-state index is 12.4. The van der Waals surface area contributed by atoms with E-state index in [0.29, 0.717) is 5.91 Å². The molecule has 4 nitrogen and oxygen atoms in total. The number of amides is 1. The molecule has 98 valence electrons. The molecule has 2 fully saturated rings. The lowest BCUT2D eigenvalue weighted by Crippen LogP contribution is -2.51. The van der Waals surface area contributed by atoms with Crippen LogP contribution in [-0.4, -0.2) is 42.1 Å². The van der Waals surface area contributed by atoms with Gasteiger partial charge in [0, 0.05) is 25.0 Å². The van der Waals surface area contributed by atoms with Gasteiger partial charge in [-0.3, -0.25) is 4.79 Å². The summed E-state index contributed by atoms with van der Waals surface area (Å²) in [4.78, 5) is 14.4. The summed E-state index contributed by atoms with van der Waals surface area (Å²) in [5.41, 5.74) is 5.95. The van der Waals surface area contributed by atoms with E-state index in [-0.39, 0.29) is 24.2 Å². The van der Waals surface area contributed by atoms with Gasteiger partial charge in [0.25, 0.3) is 0 Å². The molecule has 4 atom stereocenters. The fraction of sp³-hybridized carbons (Fsp3) is 0.923. The van der Waals surface area contributed by atoms with Crippen molar-refractivity contribution >= 4 is 5.91 Å². The summed E-state index contributed by atoms with van der Waals surface area (Å²) in [7, 11) is 0. The highest BCUT2D eigenvalue weighted by molar-refractivity contribution is 5.79. The average molecular weight is 240 g/mol. The number of carbonyl (C=O) groups excluding carboxylic acids is 1. The monoisotopic (exact) mass is 240 g/mol. The highest BCUT2D eigenvalue weighted by atomic mass is 16.5. The summed E-state index contributed by atoms with van der Waals surface area (Å²) in [6.45, 7) is 5.52. The van der Waals surface area contributed by atoms with Gasteiger partial charge in [0.15, 0.2) is 0 Å². The highest BCUT2D eigenvalue weighted by Gasteiger charge is 2.32. The van der Waals surface area contributed by atoms with Crippen LogP contribution < -0.4 is 5.73 Å². The molecule has 0 aromatic heterocycles. The number of ether oxygens (including phenoxy) is 1. The largest absolute Gasteiger partial charge is 0.372 e. The molecular weight excluding hydrogens is 216 g/mol. The van der Waals surface area contributed by atoms with Crippen LogP contribution in [0.15, 0.2) is 0 Å². The number of nitrogens with two attached hydrogens (primary N) is 1. The van der Waals surface area contributed by atoms with Crippen LogP contribution in [0, 0.1) is 5.92 Å².